The molecule has 76 valence electrons. The SMILES string of the molecule is COC(=O)NC(C)C(C)C(=O)OC. The Bertz CT molecular complexity index is 193. The van der Waals surface area contributed by atoms with Gasteiger partial charge in [0.15, 0.2) is 0 Å². The van der Waals surface area contributed by atoms with Crippen molar-refractivity contribution in [3.8, 4) is 0 Å². The van der Waals surface area contributed by atoms with Crippen LogP contribution in [0.5, 0.6) is 0 Å². The Hall–Kier alpha value is -1.26. The van der Waals surface area contributed by atoms with Crippen LogP contribution < -0.4 is 5.32 Å². The number of esters is 1. The lowest BCUT2D eigenvalue weighted by molar-refractivity contribution is -0.145. The maximum atomic E-state index is 11.0. The van der Waals surface area contributed by atoms with E-state index in [1.807, 2.05) is 0 Å². The van der Waals surface area contributed by atoms with Crippen LogP contribution in [0.3, 0.4) is 0 Å². The summed E-state index contributed by atoms with van der Waals surface area (Å²) in [5, 5.41) is 2.48. The highest BCUT2D eigenvalue weighted by atomic mass is 16.5. The van der Waals surface area contributed by atoms with Crippen molar-refractivity contribution in [3.63, 3.8) is 0 Å². The first-order chi connectivity index (χ1) is 6.02. The number of carbonyl (C=O) groups is 2. The number of hydrogen-bond acceptors (Lipinski definition) is 4. The van der Waals surface area contributed by atoms with Gasteiger partial charge in [-0.1, -0.05) is 0 Å². The van der Waals surface area contributed by atoms with Crippen molar-refractivity contribution >= 4 is 12.1 Å². The van der Waals surface area contributed by atoms with E-state index in [2.05, 4.69) is 14.8 Å². The van der Waals surface area contributed by atoms with Crippen molar-refractivity contribution in [2.24, 2.45) is 5.92 Å². The first-order valence-electron chi connectivity index (χ1n) is 3.95. The molecule has 0 aliphatic heterocycles. The van der Waals surface area contributed by atoms with Gasteiger partial charge in [-0.2, -0.15) is 0 Å². The number of rotatable bonds is 3. The van der Waals surface area contributed by atoms with E-state index in [-0.39, 0.29) is 17.9 Å². The Morgan fingerprint density at radius 1 is 1.15 bits per heavy atom. The maximum absolute atomic E-state index is 11.0. The summed E-state index contributed by atoms with van der Waals surface area (Å²) in [6, 6.07) is -0.306. The molecule has 0 spiro atoms. The summed E-state index contributed by atoms with van der Waals surface area (Å²) in [5.41, 5.74) is 0. The molecule has 0 rings (SSSR count). The van der Waals surface area contributed by atoms with Crippen LogP contribution in [0.15, 0.2) is 0 Å². The second-order valence-corrected chi connectivity index (χ2v) is 2.74. The van der Waals surface area contributed by atoms with E-state index in [1.165, 1.54) is 14.2 Å². The fourth-order valence-corrected chi connectivity index (χ4v) is 0.760. The van der Waals surface area contributed by atoms with Gasteiger partial charge in [-0.05, 0) is 13.8 Å². The Labute approximate surface area is 77.4 Å². The average Bonchev–Trinajstić information content (AvgIpc) is 2.14. The number of carbonyl (C=O) groups excluding carboxylic acids is 2. The number of hydrogen-bond donors (Lipinski definition) is 1. The van der Waals surface area contributed by atoms with Crippen LogP contribution in [0.25, 0.3) is 0 Å². The molecule has 0 aliphatic rings. The van der Waals surface area contributed by atoms with E-state index in [1.54, 1.807) is 13.8 Å². The molecule has 0 aliphatic carbocycles. The first-order valence-corrected chi connectivity index (χ1v) is 3.95. The van der Waals surface area contributed by atoms with Gasteiger partial charge in [0, 0.05) is 6.04 Å². The predicted molar refractivity (Wildman–Crippen MR) is 46.2 cm³/mol. The second-order valence-electron chi connectivity index (χ2n) is 2.74. The minimum atomic E-state index is -0.553. The van der Waals surface area contributed by atoms with Gasteiger partial charge < -0.3 is 14.8 Å². The fourth-order valence-electron chi connectivity index (χ4n) is 0.760. The van der Waals surface area contributed by atoms with Crippen molar-refractivity contribution in [1.29, 1.82) is 0 Å². The highest BCUT2D eigenvalue weighted by molar-refractivity contribution is 5.74. The van der Waals surface area contributed by atoms with E-state index in [9.17, 15) is 9.59 Å². The lowest BCUT2D eigenvalue weighted by atomic mass is 10.0. The van der Waals surface area contributed by atoms with E-state index in [0.29, 0.717) is 0 Å². The van der Waals surface area contributed by atoms with Crippen molar-refractivity contribution in [2.45, 2.75) is 19.9 Å². The Balaban J connectivity index is 4.02. The number of methoxy groups -OCH3 is 2. The molecule has 0 radical (unpaired) electrons. The molecular weight excluding hydrogens is 174 g/mol. The highest BCUT2D eigenvalue weighted by Crippen LogP contribution is 2.04. The highest BCUT2D eigenvalue weighted by Gasteiger charge is 2.22. The summed E-state index contributed by atoms with van der Waals surface area (Å²) in [7, 11) is 2.58. The average molecular weight is 189 g/mol. The summed E-state index contributed by atoms with van der Waals surface area (Å²) in [4.78, 5) is 21.8. The largest absolute Gasteiger partial charge is 0.469 e. The topological polar surface area (TPSA) is 64.6 Å². The molecule has 5 nitrogen and oxygen atoms in total. The minimum Gasteiger partial charge on any atom is -0.469 e. The fraction of sp³-hybridized carbons (Fsp3) is 0.750. The summed E-state index contributed by atoms with van der Waals surface area (Å²) in [5.74, 6) is -0.743. The molecule has 0 fully saturated rings. The van der Waals surface area contributed by atoms with Crippen LogP contribution in [0.1, 0.15) is 13.8 Å². The molecule has 0 aromatic rings. The third-order valence-electron chi connectivity index (χ3n) is 1.85. The molecule has 1 N–H and O–H groups in total. The quantitative estimate of drug-likeness (QED) is 0.658. The standard InChI is InChI=1S/C8H15NO4/c1-5(7(10)12-3)6(2)9-8(11)13-4/h5-6H,1-4H3,(H,9,11). The van der Waals surface area contributed by atoms with Gasteiger partial charge in [-0.3, -0.25) is 4.79 Å². The molecular formula is C8H15NO4. The molecule has 0 heterocycles. The van der Waals surface area contributed by atoms with Crippen molar-refractivity contribution in [3.05, 3.63) is 0 Å². The van der Waals surface area contributed by atoms with Crippen LogP contribution in [-0.4, -0.2) is 32.3 Å². The molecule has 0 aromatic carbocycles. The van der Waals surface area contributed by atoms with Crippen molar-refractivity contribution in [2.75, 3.05) is 14.2 Å². The number of amides is 1. The van der Waals surface area contributed by atoms with Crippen molar-refractivity contribution < 1.29 is 19.1 Å². The Morgan fingerprint density at radius 3 is 2.08 bits per heavy atom. The molecule has 0 aromatic heterocycles. The van der Waals surface area contributed by atoms with Crippen LogP contribution in [0, 0.1) is 5.92 Å². The summed E-state index contributed by atoms with van der Waals surface area (Å²) in [6.45, 7) is 3.38. The predicted octanol–water partition coefficient (Wildman–Crippen LogP) is 0.540. The zero-order valence-electron chi connectivity index (χ0n) is 8.29. The Morgan fingerprint density at radius 2 is 1.69 bits per heavy atom. The monoisotopic (exact) mass is 189 g/mol. The second kappa shape index (κ2) is 5.40. The summed E-state index contributed by atoms with van der Waals surface area (Å²) in [6.07, 6.45) is -0.553. The molecule has 13 heavy (non-hydrogen) atoms. The third kappa shape index (κ3) is 3.78. The van der Waals surface area contributed by atoms with E-state index < -0.39 is 6.09 Å². The third-order valence-corrected chi connectivity index (χ3v) is 1.85. The van der Waals surface area contributed by atoms with Gasteiger partial charge in [0.1, 0.15) is 0 Å². The van der Waals surface area contributed by atoms with Gasteiger partial charge >= 0.3 is 12.1 Å². The van der Waals surface area contributed by atoms with E-state index in [0.717, 1.165) is 0 Å². The van der Waals surface area contributed by atoms with E-state index >= 15 is 0 Å². The van der Waals surface area contributed by atoms with Crippen LogP contribution in [0.2, 0.25) is 0 Å². The van der Waals surface area contributed by atoms with Gasteiger partial charge in [-0.15, -0.1) is 0 Å². The molecule has 5 heteroatoms. The van der Waals surface area contributed by atoms with Crippen LogP contribution in [0.4, 0.5) is 4.79 Å². The number of nitrogens with one attached hydrogen (secondary N) is 1. The molecule has 0 saturated carbocycles. The first kappa shape index (κ1) is 11.7. The molecule has 0 saturated heterocycles. The normalized spacial score (nSPS) is 14.2. The lowest BCUT2D eigenvalue weighted by Crippen LogP contribution is -2.40. The van der Waals surface area contributed by atoms with Crippen LogP contribution >= 0.6 is 0 Å². The summed E-state index contributed by atoms with van der Waals surface area (Å²) < 4.78 is 8.90. The Kier molecular flexibility index (Phi) is 4.87. The number of alkyl carbamates (subject to hydrolysis) is 1. The minimum absolute atomic E-state index is 0.306. The van der Waals surface area contributed by atoms with Gasteiger partial charge in [0.25, 0.3) is 0 Å². The smallest absolute Gasteiger partial charge is 0.407 e. The van der Waals surface area contributed by atoms with Gasteiger partial charge in [-0.25, -0.2) is 4.79 Å². The maximum Gasteiger partial charge on any atom is 0.407 e. The van der Waals surface area contributed by atoms with Crippen molar-refractivity contribution in [1.82, 2.24) is 5.32 Å². The molecule has 2 atom stereocenters. The zero-order chi connectivity index (χ0) is 10.4. The van der Waals surface area contributed by atoms with Gasteiger partial charge in [0.05, 0.1) is 20.1 Å². The molecule has 1 amide bonds. The summed E-state index contributed by atoms with van der Waals surface area (Å²) >= 11 is 0. The van der Waals surface area contributed by atoms with Gasteiger partial charge in [0.2, 0.25) is 0 Å². The molecule has 2 unspecified atom stereocenters. The molecule has 0 bridgehead atoms. The van der Waals surface area contributed by atoms with Crippen LogP contribution in [-0.2, 0) is 14.3 Å². The zero-order valence-corrected chi connectivity index (χ0v) is 8.29. The van der Waals surface area contributed by atoms with E-state index in [4.69, 9.17) is 0 Å². The lowest BCUT2D eigenvalue weighted by Gasteiger charge is -2.17. The number of ether oxygens (including phenoxy) is 2.